The van der Waals surface area contributed by atoms with Crippen LogP contribution in [0.5, 0.6) is 11.8 Å². The molecule has 520 valence electrons. The van der Waals surface area contributed by atoms with Crippen molar-refractivity contribution in [2.24, 2.45) is 5.92 Å². The number of nitrogens with zero attached hydrogens (tertiary/aromatic N) is 9. The molecular formula is C71H74ClF4N11O11S. The van der Waals surface area contributed by atoms with E-state index in [4.69, 9.17) is 45.3 Å². The second kappa shape index (κ2) is 28.2. The van der Waals surface area contributed by atoms with Gasteiger partial charge < -0.3 is 49.0 Å². The first kappa shape index (κ1) is 69.7. The fourth-order valence-electron chi connectivity index (χ4n) is 13.3. The summed E-state index contributed by atoms with van der Waals surface area (Å²) in [6.07, 6.45) is 1.41. The van der Waals surface area contributed by atoms with Gasteiger partial charge in [0, 0.05) is 60.8 Å². The summed E-state index contributed by atoms with van der Waals surface area (Å²) in [5.41, 5.74) is 0.513. The Morgan fingerprint density at radius 3 is 2.16 bits per heavy atom. The van der Waals surface area contributed by atoms with Gasteiger partial charge in [0.2, 0.25) is 11.8 Å². The maximum absolute atomic E-state index is 16.3. The summed E-state index contributed by atoms with van der Waals surface area (Å²) in [6.45, 7) is 14.9. The summed E-state index contributed by atoms with van der Waals surface area (Å²) in [7, 11) is 0. The van der Waals surface area contributed by atoms with Gasteiger partial charge in [0.05, 0.1) is 71.1 Å². The second-order valence-electron chi connectivity index (χ2n) is 27.5. The highest BCUT2D eigenvalue weighted by Crippen LogP contribution is 2.51. The predicted octanol–water partition coefficient (Wildman–Crippen LogP) is 12.6. The van der Waals surface area contributed by atoms with E-state index in [1.54, 1.807) is 71.1 Å². The lowest BCUT2D eigenvalue weighted by atomic mass is 9.96. The molecule has 0 radical (unpaired) electrons. The van der Waals surface area contributed by atoms with Crippen molar-refractivity contribution >= 4 is 78.7 Å². The van der Waals surface area contributed by atoms with Crippen molar-refractivity contribution in [1.82, 2.24) is 40.1 Å². The molecule has 0 saturated carbocycles. The smallest absolute Gasteiger partial charge is 0.412 e. The molecule has 4 amide bonds. The van der Waals surface area contributed by atoms with E-state index in [1.165, 1.54) is 46.0 Å². The van der Waals surface area contributed by atoms with E-state index in [2.05, 4.69) is 31.9 Å². The molecule has 22 nitrogen and oxygen atoms in total. The number of nitriles is 1. The SMILES string of the molecule is CC(C)[C@@H](C(=O)N1C[C@H](O)C[C@H]1C(=O)N[C@@H](CO)c1ccc(-c2c(F)ccc(F)c2F)cc1)n1cc(-c2ccc(COc3c(-c4ccc(F)c5sc(NC(=O)OC(C)(C)C)c(C#N)c45)c(Cl)cc4c(N5C[C@H]6CC[C@@H](C5)N6C(=O)OC(C)(C)C)nc(OC5CCOCC5)nc34)cc2)nn1. The van der Waals surface area contributed by atoms with Crippen molar-refractivity contribution in [3.05, 3.63) is 130 Å². The van der Waals surface area contributed by atoms with Gasteiger partial charge in [-0.05, 0) is 107 Å². The van der Waals surface area contributed by atoms with E-state index in [9.17, 15) is 47.8 Å². The minimum atomic E-state index is -1.37. The van der Waals surface area contributed by atoms with Crippen LogP contribution in [0.15, 0.2) is 85.1 Å². The zero-order valence-corrected chi connectivity index (χ0v) is 57.2. The second-order valence-corrected chi connectivity index (χ2v) is 28.9. The molecule has 8 aromatic rings. The van der Waals surface area contributed by atoms with Crippen molar-refractivity contribution in [1.29, 1.82) is 5.26 Å². The Balaban J connectivity index is 0.854. The number of fused-ring (bicyclic) bond motifs is 4. The summed E-state index contributed by atoms with van der Waals surface area (Å²) in [5.74, 6) is -5.29. The fraction of sp³-hybridized carbons (Fsp3) is 0.423. The first-order valence-corrected chi connectivity index (χ1v) is 33.8. The molecule has 0 aliphatic carbocycles. The number of carbonyl (C=O) groups is 4. The van der Waals surface area contributed by atoms with E-state index >= 15 is 4.39 Å². The van der Waals surface area contributed by atoms with Crippen LogP contribution in [-0.2, 0) is 30.4 Å². The van der Waals surface area contributed by atoms with Gasteiger partial charge in [0.25, 0.3) is 0 Å². The lowest BCUT2D eigenvalue weighted by Crippen LogP contribution is -2.57. The summed E-state index contributed by atoms with van der Waals surface area (Å²) in [6, 6.07) is 17.2. The summed E-state index contributed by atoms with van der Waals surface area (Å²) in [5, 5.41) is 47.3. The van der Waals surface area contributed by atoms with Crippen LogP contribution < -0.4 is 25.0 Å². The number of ether oxygens (including phenoxy) is 5. The van der Waals surface area contributed by atoms with Crippen LogP contribution in [0.25, 0.3) is 54.5 Å². The van der Waals surface area contributed by atoms with Crippen LogP contribution in [0.4, 0.5) is 38.0 Å². The average Bonchev–Trinajstić information content (AvgIpc) is 1.72. The third-order valence-corrected chi connectivity index (χ3v) is 19.2. The number of likely N-dealkylation sites (tertiary alicyclic amines) is 1. The number of rotatable bonds is 17. The maximum Gasteiger partial charge on any atom is 0.412 e. The Bertz CT molecular complexity index is 4450. The molecule has 7 heterocycles. The number of amides is 4. The molecule has 28 heteroatoms. The van der Waals surface area contributed by atoms with Crippen molar-refractivity contribution in [3.8, 4) is 51.3 Å². The summed E-state index contributed by atoms with van der Waals surface area (Å²) in [4.78, 5) is 71.2. The van der Waals surface area contributed by atoms with Crippen molar-refractivity contribution in [2.45, 2.75) is 148 Å². The molecule has 99 heavy (non-hydrogen) atoms. The van der Waals surface area contributed by atoms with Gasteiger partial charge in [-0.15, -0.1) is 16.4 Å². The minimum absolute atomic E-state index is 0.0229. The van der Waals surface area contributed by atoms with Gasteiger partial charge in [-0.25, -0.2) is 31.8 Å². The minimum Gasteiger partial charge on any atom is -0.486 e. The standard InChI is InChI=1S/C71H74ClF4N11O11S/c1-36(2)60(66(91)85-32-43(89)27-54(85)64(90)78-53(34-88)39-13-15-40(16-14-39)55-49(73)21-22-50(74)58(55)76)86-33-52(82-83-86)38-11-9-37(10-12-38)35-95-61-57(45-19-20-51(75)62-56(45)47(29-77)65(99-62)81-68(92)97-70(3,4)5)48(72)28-46-59(61)79-67(96-44-23-25-94-26-24-44)80-63(46)84-30-41-17-18-42(31-84)87(41)69(93)98-71(6,7)8/h9-16,19-22,28,33,36,41-44,53-54,60,88-89H,17-18,23-27,30-32,34-35H2,1-8H3,(H,78,90)(H,81,92)/t41-,42+,43-,53+,54+,60+/m1/s1. The topological polar surface area (TPSA) is 269 Å². The summed E-state index contributed by atoms with van der Waals surface area (Å²) >= 11 is 8.44. The molecule has 4 aliphatic heterocycles. The number of anilines is 2. The highest BCUT2D eigenvalue weighted by atomic mass is 35.5. The quantitative estimate of drug-likeness (QED) is 0.0487. The number of carbonyl (C=O) groups excluding carboxylic acids is 4. The number of nitrogens with one attached hydrogen (secondary N) is 2. The van der Waals surface area contributed by atoms with E-state index in [1.807, 2.05) is 25.7 Å². The predicted molar refractivity (Wildman–Crippen MR) is 361 cm³/mol. The van der Waals surface area contributed by atoms with Crippen LogP contribution in [0.2, 0.25) is 5.02 Å². The van der Waals surface area contributed by atoms with E-state index in [-0.39, 0.29) is 97.4 Å². The van der Waals surface area contributed by atoms with Crippen LogP contribution in [0.3, 0.4) is 0 Å². The Labute approximate surface area is 576 Å². The van der Waals surface area contributed by atoms with Gasteiger partial charge >= 0.3 is 18.2 Å². The Hall–Kier alpha value is -9.20. The lowest BCUT2D eigenvalue weighted by molar-refractivity contribution is -0.142. The number of aromatic nitrogens is 5. The first-order chi connectivity index (χ1) is 47.1. The molecule has 5 aromatic carbocycles. The zero-order valence-electron chi connectivity index (χ0n) is 55.6. The number of thiophene rings is 1. The Morgan fingerprint density at radius 2 is 1.51 bits per heavy atom. The van der Waals surface area contributed by atoms with Crippen LogP contribution in [0, 0.1) is 40.5 Å². The monoisotopic (exact) mass is 1400 g/mol. The van der Waals surface area contributed by atoms with E-state index in [0.29, 0.717) is 78.8 Å². The average molecular weight is 1400 g/mol. The number of piperazine rings is 1. The number of hydrogen-bond donors (Lipinski definition) is 4. The van der Waals surface area contributed by atoms with Crippen molar-refractivity contribution < 1.29 is 70.6 Å². The van der Waals surface area contributed by atoms with E-state index < -0.39 is 101 Å². The normalized spacial score (nSPS) is 18.8. The number of β-amino-alcohol motifs (C(OH)–C–C–N with tert-alkyl or cyclic N) is 1. The third-order valence-electron chi connectivity index (χ3n) is 17.8. The Morgan fingerprint density at radius 1 is 0.838 bits per heavy atom. The molecular weight excluding hydrogens is 1330 g/mol. The molecule has 0 spiro atoms. The highest BCUT2D eigenvalue weighted by Gasteiger charge is 2.47. The molecule has 12 rings (SSSR count). The molecule has 4 saturated heterocycles. The van der Waals surface area contributed by atoms with Crippen LogP contribution in [-0.4, -0.2) is 150 Å². The number of aliphatic hydroxyl groups excluding tert-OH is 2. The van der Waals surface area contributed by atoms with Crippen molar-refractivity contribution in [3.63, 3.8) is 0 Å². The van der Waals surface area contributed by atoms with Crippen LogP contribution >= 0.6 is 22.9 Å². The largest absolute Gasteiger partial charge is 0.486 e. The molecule has 2 bridgehead atoms. The van der Waals surface area contributed by atoms with E-state index in [0.717, 1.165) is 30.2 Å². The molecule has 4 N–H and O–H groups in total. The van der Waals surface area contributed by atoms with Gasteiger partial charge in [-0.2, -0.15) is 15.2 Å². The van der Waals surface area contributed by atoms with Crippen molar-refractivity contribution in [2.75, 3.05) is 49.7 Å². The highest BCUT2D eigenvalue weighted by molar-refractivity contribution is 7.23. The number of hydrogen-bond acceptors (Lipinski definition) is 18. The maximum atomic E-state index is 16.3. The van der Waals surface area contributed by atoms with Gasteiger partial charge in [0.15, 0.2) is 17.4 Å². The van der Waals surface area contributed by atoms with Crippen LogP contribution in [0.1, 0.15) is 116 Å². The Kier molecular flexibility index (Phi) is 19.9. The molecule has 4 aliphatic rings. The van der Waals surface area contributed by atoms with Gasteiger partial charge in [-0.1, -0.05) is 85.3 Å². The third kappa shape index (κ3) is 14.6. The summed E-state index contributed by atoms with van der Waals surface area (Å²) < 4.78 is 91.8. The zero-order chi connectivity index (χ0) is 70.5. The number of benzene rings is 5. The molecule has 0 unspecified atom stereocenters. The number of aliphatic hydroxyl groups is 2. The molecule has 4 fully saturated rings. The van der Waals surface area contributed by atoms with Gasteiger partial charge in [-0.3, -0.25) is 19.8 Å². The molecule has 6 atom stereocenters. The fourth-order valence-corrected chi connectivity index (χ4v) is 14.6. The lowest BCUT2D eigenvalue weighted by Gasteiger charge is -2.42. The van der Waals surface area contributed by atoms with Gasteiger partial charge in [0.1, 0.15) is 75.7 Å². The number of halogens is 5. The molecule has 3 aromatic heterocycles. The first-order valence-electron chi connectivity index (χ1n) is 32.6.